The molecule has 3 nitrogen and oxygen atoms in total. The van der Waals surface area contributed by atoms with Gasteiger partial charge in [0.2, 0.25) is 0 Å². The van der Waals surface area contributed by atoms with Crippen molar-refractivity contribution in [3.63, 3.8) is 0 Å². The van der Waals surface area contributed by atoms with Gasteiger partial charge in [0.15, 0.2) is 0 Å². The van der Waals surface area contributed by atoms with Gasteiger partial charge >= 0.3 is 0 Å². The Kier molecular flexibility index (Phi) is 4.99. The van der Waals surface area contributed by atoms with Gasteiger partial charge in [-0.15, -0.1) is 0 Å². The van der Waals surface area contributed by atoms with Crippen molar-refractivity contribution in [3.05, 3.63) is 90.0 Å². The lowest BCUT2D eigenvalue weighted by Gasteiger charge is -2.27. The van der Waals surface area contributed by atoms with Gasteiger partial charge in [0.25, 0.3) is 0 Å². The fourth-order valence-corrected chi connectivity index (χ4v) is 3.31. The van der Waals surface area contributed by atoms with Gasteiger partial charge in [-0.25, -0.2) is 5.43 Å². The van der Waals surface area contributed by atoms with Crippen LogP contribution in [0.2, 0.25) is 0 Å². The summed E-state index contributed by atoms with van der Waals surface area (Å²) >= 11 is 0. The van der Waals surface area contributed by atoms with Crippen LogP contribution < -0.4 is 15.8 Å². The number of hydrazine groups is 1. The van der Waals surface area contributed by atoms with E-state index in [1.807, 2.05) is 18.2 Å². The third-order valence-electron chi connectivity index (χ3n) is 4.59. The summed E-state index contributed by atoms with van der Waals surface area (Å²) in [5.41, 5.74) is 12.7. The van der Waals surface area contributed by atoms with Gasteiger partial charge < -0.3 is 10.3 Å². The Morgan fingerprint density at radius 1 is 0.654 bits per heavy atom. The molecule has 0 saturated heterocycles. The summed E-state index contributed by atoms with van der Waals surface area (Å²) in [5.74, 6) is 0. The molecule has 0 spiro atoms. The van der Waals surface area contributed by atoms with E-state index in [4.69, 9.17) is 0 Å². The van der Waals surface area contributed by atoms with Crippen molar-refractivity contribution in [2.75, 3.05) is 23.4 Å². The van der Waals surface area contributed by atoms with E-state index in [1.54, 1.807) is 0 Å². The average molecular weight is 341 g/mol. The molecule has 3 aromatic rings. The third kappa shape index (κ3) is 3.63. The molecule has 3 aromatic carbocycles. The first-order chi connectivity index (χ1) is 12.9. The van der Waals surface area contributed by atoms with Gasteiger partial charge in [0.1, 0.15) is 0 Å². The van der Waals surface area contributed by atoms with E-state index < -0.39 is 0 Å². The third-order valence-corrected chi connectivity index (χ3v) is 4.59. The smallest absolute Gasteiger partial charge is 0.0487 e. The van der Waals surface area contributed by atoms with E-state index in [9.17, 15) is 0 Å². The first kappa shape index (κ1) is 16.4. The van der Waals surface area contributed by atoms with E-state index >= 15 is 0 Å². The van der Waals surface area contributed by atoms with Gasteiger partial charge in [-0.05, 0) is 41.8 Å². The van der Waals surface area contributed by atoms with Crippen LogP contribution in [0.25, 0.3) is 12.2 Å². The molecule has 0 aromatic heterocycles. The summed E-state index contributed by atoms with van der Waals surface area (Å²) in [6, 6.07) is 27.4. The minimum absolute atomic E-state index is 0.892. The van der Waals surface area contributed by atoms with Gasteiger partial charge in [-0.3, -0.25) is 0 Å². The minimum Gasteiger partial charge on any atom is -0.340 e. The molecule has 0 unspecified atom stereocenters. The highest BCUT2D eigenvalue weighted by atomic mass is 15.3. The van der Waals surface area contributed by atoms with Crippen LogP contribution >= 0.6 is 0 Å². The molecule has 0 bridgehead atoms. The highest BCUT2D eigenvalue weighted by Gasteiger charge is 2.16. The number of nitrogens with one attached hydrogen (secondary N) is 2. The largest absolute Gasteiger partial charge is 0.340 e. The van der Waals surface area contributed by atoms with Crippen molar-refractivity contribution in [3.8, 4) is 0 Å². The predicted molar refractivity (Wildman–Crippen MR) is 112 cm³/mol. The van der Waals surface area contributed by atoms with E-state index in [1.165, 1.54) is 22.5 Å². The van der Waals surface area contributed by atoms with Crippen molar-refractivity contribution in [1.29, 1.82) is 0 Å². The van der Waals surface area contributed by atoms with Crippen molar-refractivity contribution >= 4 is 29.2 Å². The number of para-hydroxylation sites is 3. The molecule has 1 heterocycles. The lowest BCUT2D eigenvalue weighted by atomic mass is 10.1. The van der Waals surface area contributed by atoms with Crippen LogP contribution in [-0.2, 0) is 0 Å². The van der Waals surface area contributed by atoms with Crippen molar-refractivity contribution in [2.45, 2.75) is 6.42 Å². The first-order valence-electron chi connectivity index (χ1n) is 9.09. The van der Waals surface area contributed by atoms with Crippen molar-refractivity contribution < 1.29 is 0 Å². The van der Waals surface area contributed by atoms with Gasteiger partial charge in [-0.2, -0.15) is 0 Å². The Morgan fingerprint density at radius 3 is 1.88 bits per heavy atom. The van der Waals surface area contributed by atoms with Crippen LogP contribution in [0, 0.1) is 0 Å². The SMILES string of the molecule is C1=Cc2ccccc2N(CCCNNc2ccccc2)c2ccccc21. The van der Waals surface area contributed by atoms with E-state index in [2.05, 4.69) is 88.6 Å². The molecule has 0 amide bonds. The number of anilines is 3. The molecule has 26 heavy (non-hydrogen) atoms. The van der Waals surface area contributed by atoms with Crippen LogP contribution in [0.4, 0.5) is 17.1 Å². The maximum absolute atomic E-state index is 3.31. The molecular weight excluding hydrogens is 318 g/mol. The number of nitrogens with zero attached hydrogens (tertiary/aromatic N) is 1. The highest BCUT2D eigenvalue weighted by molar-refractivity contribution is 5.88. The zero-order valence-corrected chi connectivity index (χ0v) is 14.7. The molecule has 1 aliphatic rings. The Bertz CT molecular complexity index is 837. The molecule has 3 heteroatoms. The Balaban J connectivity index is 1.45. The minimum atomic E-state index is 0.892. The van der Waals surface area contributed by atoms with Gasteiger partial charge in [-0.1, -0.05) is 66.7 Å². The summed E-state index contributed by atoms with van der Waals surface area (Å²) in [6.07, 6.45) is 5.45. The summed E-state index contributed by atoms with van der Waals surface area (Å²) < 4.78 is 0. The second kappa shape index (κ2) is 7.89. The maximum Gasteiger partial charge on any atom is 0.0487 e. The molecule has 0 atom stereocenters. The highest BCUT2D eigenvalue weighted by Crippen LogP contribution is 2.35. The summed E-state index contributed by atoms with van der Waals surface area (Å²) in [6.45, 7) is 1.85. The number of fused-ring (bicyclic) bond motifs is 2. The number of hydrogen-bond donors (Lipinski definition) is 2. The first-order valence-corrected chi connectivity index (χ1v) is 9.09. The van der Waals surface area contributed by atoms with E-state index in [0.717, 1.165) is 25.2 Å². The topological polar surface area (TPSA) is 27.3 Å². The van der Waals surface area contributed by atoms with E-state index in [0.29, 0.717) is 0 Å². The molecule has 0 fully saturated rings. The van der Waals surface area contributed by atoms with Gasteiger partial charge in [0.05, 0.1) is 0 Å². The quantitative estimate of drug-likeness (QED) is 0.470. The summed E-state index contributed by atoms with van der Waals surface area (Å²) in [4.78, 5) is 2.43. The molecule has 0 aliphatic carbocycles. The van der Waals surface area contributed by atoms with Crippen LogP contribution in [0.15, 0.2) is 78.9 Å². The van der Waals surface area contributed by atoms with Crippen LogP contribution in [0.3, 0.4) is 0 Å². The second-order valence-corrected chi connectivity index (χ2v) is 6.37. The van der Waals surface area contributed by atoms with Crippen LogP contribution in [0.1, 0.15) is 17.5 Å². The van der Waals surface area contributed by atoms with Crippen molar-refractivity contribution in [2.24, 2.45) is 0 Å². The Hall–Kier alpha value is -3.04. The summed E-state index contributed by atoms with van der Waals surface area (Å²) in [5, 5.41) is 0. The number of rotatable bonds is 6. The van der Waals surface area contributed by atoms with Crippen LogP contribution in [0.5, 0.6) is 0 Å². The Morgan fingerprint density at radius 2 is 1.23 bits per heavy atom. The zero-order chi connectivity index (χ0) is 17.6. The molecular formula is C23H23N3. The lowest BCUT2D eigenvalue weighted by Crippen LogP contribution is -2.27. The monoisotopic (exact) mass is 341 g/mol. The molecule has 130 valence electrons. The maximum atomic E-state index is 3.31. The zero-order valence-electron chi connectivity index (χ0n) is 14.7. The number of hydrogen-bond acceptors (Lipinski definition) is 3. The van der Waals surface area contributed by atoms with Gasteiger partial charge in [0, 0.05) is 30.2 Å². The fraction of sp³-hybridized carbons (Fsp3) is 0.130. The standard InChI is InChI=1S/C23H23N3/c1-2-11-21(12-3-1)25-24-17-8-18-26-22-13-6-4-9-19(22)15-16-20-10-5-7-14-23(20)26/h1-7,9-16,24-25H,8,17-18H2. The lowest BCUT2D eigenvalue weighted by molar-refractivity contribution is 0.716. The second-order valence-electron chi connectivity index (χ2n) is 6.37. The molecule has 4 rings (SSSR count). The van der Waals surface area contributed by atoms with Crippen molar-refractivity contribution in [1.82, 2.24) is 5.43 Å². The normalized spacial score (nSPS) is 12.2. The summed E-state index contributed by atoms with van der Waals surface area (Å²) in [7, 11) is 0. The Labute approximate surface area is 155 Å². The molecule has 2 N–H and O–H groups in total. The predicted octanol–water partition coefficient (Wildman–Crippen LogP) is 5.32. The number of benzene rings is 3. The molecule has 1 aliphatic heterocycles. The van der Waals surface area contributed by atoms with E-state index in [-0.39, 0.29) is 0 Å². The molecule has 0 radical (unpaired) electrons. The molecule has 0 saturated carbocycles. The van der Waals surface area contributed by atoms with Crippen LogP contribution in [-0.4, -0.2) is 13.1 Å². The average Bonchev–Trinajstić information content (AvgIpc) is 2.86. The fourth-order valence-electron chi connectivity index (χ4n) is 3.31.